The van der Waals surface area contributed by atoms with Crippen molar-refractivity contribution in [3.05, 3.63) is 140 Å². The maximum absolute atomic E-state index is 9.21. The van der Waals surface area contributed by atoms with Crippen molar-refractivity contribution in [3.8, 4) is 56.0 Å². The van der Waals surface area contributed by atoms with Crippen LogP contribution in [0.2, 0.25) is 0 Å². The van der Waals surface area contributed by atoms with E-state index >= 15 is 0 Å². The fourth-order valence-electron chi connectivity index (χ4n) is 9.73. The average Bonchev–Trinajstić information content (AvgIpc) is 3.76. The molecule has 7 heteroatoms. The van der Waals surface area contributed by atoms with Crippen molar-refractivity contribution < 1.29 is 19.7 Å². The van der Waals surface area contributed by atoms with E-state index in [0.29, 0.717) is 26.1 Å². The van der Waals surface area contributed by atoms with Crippen LogP contribution in [0.25, 0.3) is 44.5 Å². The fraction of sp³-hybridized carbons (Fsp3) is 0.125. The van der Waals surface area contributed by atoms with Crippen LogP contribution in [0, 0.1) is 0 Å². The predicted molar refractivity (Wildman–Crippen MR) is 227 cm³/mol. The molecule has 0 spiro atoms. The molecule has 4 aliphatic rings. The number of nitrogens with zero attached hydrogens (tertiary/aromatic N) is 1. The number of aliphatic hydroxyl groups excluding tert-OH is 2. The van der Waals surface area contributed by atoms with Crippen LogP contribution in [0.4, 0.5) is 17.1 Å². The van der Waals surface area contributed by atoms with Gasteiger partial charge in [0.2, 0.25) is 13.4 Å². The monoisotopic (exact) mass is 713 g/mol. The van der Waals surface area contributed by atoms with Crippen LogP contribution in [0.5, 0.6) is 11.5 Å². The Labute approximate surface area is 321 Å². The zero-order chi connectivity index (χ0) is 36.6. The van der Waals surface area contributed by atoms with Crippen molar-refractivity contribution in [1.29, 1.82) is 0 Å². The molecule has 0 atom stereocenters. The minimum Gasteiger partial charge on any atom is -0.494 e. The van der Waals surface area contributed by atoms with E-state index in [0.717, 1.165) is 22.6 Å². The van der Waals surface area contributed by atoms with Gasteiger partial charge in [0.05, 0.1) is 13.2 Å². The van der Waals surface area contributed by atoms with Gasteiger partial charge in [0.15, 0.2) is 0 Å². The van der Waals surface area contributed by atoms with Crippen LogP contribution < -0.4 is 47.2 Å². The first-order valence-corrected chi connectivity index (χ1v) is 19.4. The molecule has 7 aromatic rings. The van der Waals surface area contributed by atoms with Gasteiger partial charge in [-0.2, -0.15) is 0 Å². The number of aliphatic hydroxyl groups is 2. The van der Waals surface area contributed by atoms with Crippen molar-refractivity contribution >= 4 is 63.3 Å². The van der Waals surface area contributed by atoms with E-state index < -0.39 is 0 Å². The second kappa shape index (κ2) is 12.8. The molecule has 0 bridgehead atoms. The molecule has 2 N–H and O–H groups in total. The highest BCUT2D eigenvalue weighted by Crippen LogP contribution is 2.46. The van der Waals surface area contributed by atoms with Crippen LogP contribution in [0.1, 0.15) is 12.8 Å². The predicted octanol–water partition coefficient (Wildman–Crippen LogP) is 5.63. The van der Waals surface area contributed by atoms with Gasteiger partial charge < -0.3 is 24.6 Å². The van der Waals surface area contributed by atoms with Gasteiger partial charge in [0.1, 0.15) is 11.5 Å². The van der Waals surface area contributed by atoms with Gasteiger partial charge in [-0.1, -0.05) is 114 Å². The minimum atomic E-state index is 0.124. The second-order valence-corrected chi connectivity index (χ2v) is 14.9. The van der Waals surface area contributed by atoms with Crippen LogP contribution in [0.3, 0.4) is 0 Å². The number of benzene rings is 7. The Hall–Kier alpha value is -6.01. The van der Waals surface area contributed by atoms with Gasteiger partial charge in [0, 0.05) is 43.1 Å². The highest BCUT2D eigenvalue weighted by Gasteiger charge is 2.49. The Bertz CT molecular complexity index is 2640. The van der Waals surface area contributed by atoms with Crippen molar-refractivity contribution in [2.75, 3.05) is 31.3 Å². The highest BCUT2D eigenvalue weighted by molar-refractivity contribution is 7.05. The van der Waals surface area contributed by atoms with Crippen LogP contribution in [-0.2, 0) is 0 Å². The lowest BCUT2D eigenvalue weighted by atomic mass is 9.32. The van der Waals surface area contributed by atoms with Crippen LogP contribution in [0.15, 0.2) is 140 Å². The van der Waals surface area contributed by atoms with Crippen molar-refractivity contribution in [3.63, 3.8) is 0 Å². The zero-order valence-electron chi connectivity index (χ0n) is 30.3. The van der Waals surface area contributed by atoms with E-state index in [-0.39, 0.29) is 26.6 Å². The second-order valence-electron chi connectivity index (χ2n) is 14.9. The lowest BCUT2D eigenvalue weighted by Gasteiger charge is -2.42. The molecule has 0 radical (unpaired) electrons. The summed E-state index contributed by atoms with van der Waals surface area (Å²) in [6.07, 6.45) is 1.24. The summed E-state index contributed by atoms with van der Waals surface area (Å²) in [7, 11) is 0. The van der Waals surface area contributed by atoms with Gasteiger partial charge in [-0.15, -0.1) is 0 Å². The summed E-state index contributed by atoms with van der Waals surface area (Å²) >= 11 is 0. The topological polar surface area (TPSA) is 62.2 Å². The average molecular weight is 713 g/mol. The van der Waals surface area contributed by atoms with E-state index in [1.54, 1.807) is 0 Å². The molecule has 5 nitrogen and oxygen atoms in total. The van der Waals surface area contributed by atoms with Gasteiger partial charge in [-0.05, 0) is 103 Å². The Balaban J connectivity index is 1.06. The molecule has 4 aliphatic heterocycles. The zero-order valence-corrected chi connectivity index (χ0v) is 30.3. The number of anilines is 3. The largest absolute Gasteiger partial charge is 0.494 e. The molecule has 0 aliphatic carbocycles. The quantitative estimate of drug-likeness (QED) is 0.142. The highest BCUT2D eigenvalue weighted by atomic mass is 16.5. The van der Waals surface area contributed by atoms with Crippen molar-refractivity contribution in [2.24, 2.45) is 0 Å². The van der Waals surface area contributed by atoms with Crippen LogP contribution >= 0.6 is 0 Å². The summed E-state index contributed by atoms with van der Waals surface area (Å²) in [6, 6.07) is 51.3. The van der Waals surface area contributed by atoms with Gasteiger partial charge in [0.25, 0.3) is 0 Å². The van der Waals surface area contributed by atoms with E-state index in [1.165, 1.54) is 83.2 Å². The maximum Gasteiger partial charge on any atom is 0.248 e. The molecule has 7 aromatic carbocycles. The third-order valence-corrected chi connectivity index (χ3v) is 12.0. The molecular weight excluding hydrogens is 676 g/mol. The molecule has 0 aromatic heterocycles. The van der Waals surface area contributed by atoms with E-state index in [2.05, 4.69) is 120 Å². The third kappa shape index (κ3) is 4.83. The Kier molecular flexibility index (Phi) is 7.55. The molecule has 0 saturated carbocycles. The summed E-state index contributed by atoms with van der Waals surface area (Å²) in [5, 5.41) is 18.4. The summed E-state index contributed by atoms with van der Waals surface area (Å²) in [4.78, 5) is 2.57. The SMILES string of the molecule is OCCCOc1ccc(-c2ccc3c(c2)B2c4cccc5c4N(c4cccc-3c42)c2ccc(-c3ccc(OCCCO)cc3)c3c2B5c2ccccc2-3)cc1. The Morgan fingerprint density at radius 2 is 1.04 bits per heavy atom. The normalized spacial score (nSPS) is 13.2. The van der Waals surface area contributed by atoms with E-state index in [4.69, 9.17) is 14.6 Å². The molecule has 0 unspecified atom stereocenters. The van der Waals surface area contributed by atoms with Crippen LogP contribution in [-0.4, -0.2) is 50.1 Å². The summed E-state index contributed by atoms with van der Waals surface area (Å²) in [5.41, 5.74) is 22.0. The van der Waals surface area contributed by atoms with Gasteiger partial charge in [-0.25, -0.2) is 0 Å². The lowest BCUT2D eigenvalue weighted by molar-refractivity contribution is 0.233. The summed E-state index contributed by atoms with van der Waals surface area (Å²) < 4.78 is 11.7. The van der Waals surface area contributed by atoms with Gasteiger partial charge >= 0.3 is 0 Å². The van der Waals surface area contributed by atoms with Crippen molar-refractivity contribution in [1.82, 2.24) is 0 Å². The molecule has 0 amide bonds. The molecule has 4 heterocycles. The standard InChI is InChI=1S/C48H37B2NO4/c52-25-5-27-54-33-18-13-30(14-19-33)32-17-22-36-37-8-3-12-43-46(37)50(42(36)29-32)41-11-4-10-40-48(41)51(43)44-24-23-35(31-15-20-34(21-16-31)55-28-6-26-53)45-38-7-1-2-9-39(38)49(40)47(44)45/h1-4,7-24,29,52-53H,5-6,25-28H2. The number of ether oxygens (including phenoxy) is 2. The Morgan fingerprint density at radius 1 is 0.455 bits per heavy atom. The Morgan fingerprint density at radius 3 is 1.76 bits per heavy atom. The third-order valence-electron chi connectivity index (χ3n) is 12.0. The smallest absolute Gasteiger partial charge is 0.248 e. The first-order valence-electron chi connectivity index (χ1n) is 19.4. The number of para-hydroxylation sites is 1. The molecule has 0 fully saturated rings. The molecule has 0 saturated heterocycles. The number of rotatable bonds is 10. The van der Waals surface area contributed by atoms with Crippen molar-refractivity contribution in [2.45, 2.75) is 12.8 Å². The number of hydrogen-bond acceptors (Lipinski definition) is 5. The maximum atomic E-state index is 9.21. The van der Waals surface area contributed by atoms with E-state index in [1.807, 2.05) is 24.3 Å². The summed E-state index contributed by atoms with van der Waals surface area (Å²) in [6.45, 7) is 1.51. The lowest BCUT2D eigenvalue weighted by Crippen LogP contribution is -2.62. The molecule has 264 valence electrons. The molecule has 55 heavy (non-hydrogen) atoms. The molecule has 11 rings (SSSR count). The number of fused-ring (bicyclic) bond motifs is 10. The minimum absolute atomic E-state index is 0.124. The van der Waals surface area contributed by atoms with Gasteiger partial charge in [-0.3, -0.25) is 0 Å². The van der Waals surface area contributed by atoms with E-state index in [9.17, 15) is 5.11 Å². The summed E-state index contributed by atoms with van der Waals surface area (Å²) in [5.74, 6) is 1.64. The first kappa shape index (κ1) is 32.4. The fourth-order valence-corrected chi connectivity index (χ4v) is 9.73. The first-order chi connectivity index (χ1) is 27.2. The molecular formula is C48H37B2NO4. The number of hydrogen-bond donors (Lipinski definition) is 2.